The molecule has 29 heavy (non-hydrogen) atoms. The predicted octanol–water partition coefficient (Wildman–Crippen LogP) is 2.43. The average Bonchev–Trinajstić information content (AvgIpc) is 2.72. The number of amides is 1. The maximum atomic E-state index is 12.3. The van der Waals surface area contributed by atoms with Crippen molar-refractivity contribution in [1.82, 2.24) is 4.72 Å². The van der Waals surface area contributed by atoms with Crippen LogP contribution in [0.4, 0.5) is 5.69 Å². The van der Waals surface area contributed by atoms with Gasteiger partial charge in [0.1, 0.15) is 0 Å². The van der Waals surface area contributed by atoms with E-state index in [4.69, 9.17) is 10.00 Å². The topological polar surface area (TPSA) is 125 Å². The molecule has 9 heteroatoms. The van der Waals surface area contributed by atoms with Gasteiger partial charge in [-0.15, -0.1) is 0 Å². The molecular weight excluding hydrogens is 394 g/mol. The molecule has 2 aromatic rings. The summed E-state index contributed by atoms with van der Waals surface area (Å²) in [4.78, 5) is 24.5. The highest BCUT2D eigenvalue weighted by Crippen LogP contribution is 2.14. The first kappa shape index (κ1) is 22.1. The molecule has 2 N–H and O–H groups in total. The van der Waals surface area contributed by atoms with Gasteiger partial charge < -0.3 is 10.1 Å². The van der Waals surface area contributed by atoms with E-state index in [1.54, 1.807) is 24.3 Å². The number of nitriles is 1. The van der Waals surface area contributed by atoms with Crippen molar-refractivity contribution < 1.29 is 22.7 Å². The van der Waals surface area contributed by atoms with Gasteiger partial charge in [-0.25, -0.2) is 17.9 Å². The zero-order chi connectivity index (χ0) is 21.4. The fraction of sp³-hybridized carbons (Fsp3) is 0.250. The molecule has 2 aromatic carbocycles. The molecule has 0 aliphatic rings. The zero-order valence-corrected chi connectivity index (χ0v) is 16.8. The average molecular weight is 415 g/mol. The maximum absolute atomic E-state index is 12.3. The molecule has 0 saturated heterocycles. The number of sulfonamides is 1. The van der Waals surface area contributed by atoms with Crippen LogP contribution in [-0.4, -0.2) is 32.9 Å². The third-order valence-corrected chi connectivity index (χ3v) is 5.32. The molecule has 152 valence electrons. The molecule has 0 aromatic heterocycles. The van der Waals surface area contributed by atoms with Crippen molar-refractivity contribution in [3.05, 3.63) is 59.7 Å². The van der Waals surface area contributed by atoms with Crippen molar-refractivity contribution in [3.8, 4) is 6.07 Å². The highest BCUT2D eigenvalue weighted by molar-refractivity contribution is 7.89. The summed E-state index contributed by atoms with van der Waals surface area (Å²) in [6.07, 6.45) is -0.482. The number of carbonyl (C=O) groups is 2. The molecule has 2 rings (SSSR count). The Morgan fingerprint density at radius 1 is 1.17 bits per heavy atom. The van der Waals surface area contributed by atoms with E-state index in [0.29, 0.717) is 17.7 Å². The van der Waals surface area contributed by atoms with Crippen LogP contribution in [0.5, 0.6) is 0 Å². The lowest BCUT2D eigenvalue weighted by Gasteiger charge is -2.14. The largest absolute Gasteiger partial charge is 0.449 e. The third-order valence-electron chi connectivity index (χ3n) is 3.86. The highest BCUT2D eigenvalue weighted by Gasteiger charge is 2.21. The fourth-order valence-electron chi connectivity index (χ4n) is 2.26. The van der Waals surface area contributed by atoms with Gasteiger partial charge in [0, 0.05) is 12.2 Å². The van der Waals surface area contributed by atoms with Crippen molar-refractivity contribution in [3.63, 3.8) is 0 Å². The number of nitrogens with zero attached hydrogens (tertiary/aromatic N) is 1. The molecule has 0 aliphatic heterocycles. The van der Waals surface area contributed by atoms with E-state index >= 15 is 0 Å². The van der Waals surface area contributed by atoms with Crippen LogP contribution >= 0.6 is 0 Å². The predicted molar refractivity (Wildman–Crippen MR) is 107 cm³/mol. The summed E-state index contributed by atoms with van der Waals surface area (Å²) in [5.74, 6) is -1.38. The summed E-state index contributed by atoms with van der Waals surface area (Å²) < 4.78 is 32.0. The SMILES string of the molecule is CCCNS(=O)(=O)c1cccc(C(=O)O[C@H](C)C(=O)Nc2ccc(C#N)cc2)c1. The second kappa shape index (κ2) is 9.82. The molecule has 0 fully saturated rings. The molecular formula is C20H21N3O5S. The van der Waals surface area contributed by atoms with Gasteiger partial charge in [-0.1, -0.05) is 13.0 Å². The number of hydrogen-bond acceptors (Lipinski definition) is 6. The molecule has 0 unspecified atom stereocenters. The van der Waals surface area contributed by atoms with E-state index in [9.17, 15) is 18.0 Å². The van der Waals surface area contributed by atoms with Gasteiger partial charge in [-0.05, 0) is 55.8 Å². The number of hydrogen-bond donors (Lipinski definition) is 2. The van der Waals surface area contributed by atoms with E-state index in [1.165, 1.54) is 31.2 Å². The van der Waals surface area contributed by atoms with E-state index in [-0.39, 0.29) is 17.0 Å². The van der Waals surface area contributed by atoms with Crippen molar-refractivity contribution in [2.75, 3.05) is 11.9 Å². The number of ether oxygens (including phenoxy) is 1. The Balaban J connectivity index is 2.04. The first-order chi connectivity index (χ1) is 13.8. The van der Waals surface area contributed by atoms with Gasteiger partial charge in [-0.2, -0.15) is 5.26 Å². The first-order valence-corrected chi connectivity index (χ1v) is 10.4. The lowest BCUT2D eigenvalue weighted by atomic mass is 10.2. The quantitative estimate of drug-likeness (QED) is 0.638. The summed E-state index contributed by atoms with van der Waals surface area (Å²) in [7, 11) is -3.73. The summed E-state index contributed by atoms with van der Waals surface area (Å²) >= 11 is 0. The van der Waals surface area contributed by atoms with Crippen LogP contribution < -0.4 is 10.0 Å². The van der Waals surface area contributed by atoms with E-state index < -0.39 is 28.0 Å². The van der Waals surface area contributed by atoms with Gasteiger partial charge in [-0.3, -0.25) is 4.79 Å². The Hall–Kier alpha value is -3.22. The Morgan fingerprint density at radius 3 is 2.48 bits per heavy atom. The lowest BCUT2D eigenvalue weighted by Crippen LogP contribution is -2.30. The molecule has 1 atom stereocenters. The highest BCUT2D eigenvalue weighted by atomic mass is 32.2. The van der Waals surface area contributed by atoms with Gasteiger partial charge in [0.05, 0.1) is 22.1 Å². The van der Waals surface area contributed by atoms with E-state index in [2.05, 4.69) is 10.0 Å². The van der Waals surface area contributed by atoms with Crippen LogP contribution in [-0.2, 0) is 19.6 Å². The first-order valence-electron chi connectivity index (χ1n) is 8.88. The van der Waals surface area contributed by atoms with Crippen molar-refractivity contribution in [1.29, 1.82) is 5.26 Å². The van der Waals surface area contributed by atoms with Gasteiger partial charge in [0.25, 0.3) is 5.91 Å². The smallest absolute Gasteiger partial charge is 0.338 e. The van der Waals surface area contributed by atoms with Crippen molar-refractivity contribution >= 4 is 27.6 Å². The summed E-state index contributed by atoms with van der Waals surface area (Å²) in [5, 5.41) is 11.4. The van der Waals surface area contributed by atoms with Crippen LogP contribution in [0.3, 0.4) is 0 Å². The standard InChI is InChI=1S/C20H21N3O5S/c1-3-11-22-29(26,27)18-6-4-5-16(12-18)20(25)28-14(2)19(24)23-17-9-7-15(13-21)8-10-17/h4-10,12,14,22H,3,11H2,1-2H3,(H,23,24)/t14-/m1/s1. The maximum Gasteiger partial charge on any atom is 0.338 e. The summed E-state index contributed by atoms with van der Waals surface area (Å²) in [6, 6.07) is 13.6. The third kappa shape index (κ3) is 6.14. The van der Waals surface area contributed by atoms with Crippen LogP contribution in [0.1, 0.15) is 36.2 Å². The van der Waals surface area contributed by atoms with Crippen LogP contribution in [0.2, 0.25) is 0 Å². The minimum Gasteiger partial charge on any atom is -0.449 e. The van der Waals surface area contributed by atoms with E-state index in [0.717, 1.165) is 0 Å². The van der Waals surface area contributed by atoms with Crippen molar-refractivity contribution in [2.45, 2.75) is 31.3 Å². The number of anilines is 1. The summed E-state index contributed by atoms with van der Waals surface area (Å²) in [6.45, 7) is 3.52. The van der Waals surface area contributed by atoms with Crippen LogP contribution in [0.25, 0.3) is 0 Å². The zero-order valence-electron chi connectivity index (χ0n) is 16.0. The summed E-state index contributed by atoms with van der Waals surface area (Å²) in [5.41, 5.74) is 0.917. The molecule has 0 aliphatic carbocycles. The van der Waals surface area contributed by atoms with Gasteiger partial charge in [0.2, 0.25) is 10.0 Å². The monoisotopic (exact) mass is 415 g/mol. The van der Waals surface area contributed by atoms with Crippen molar-refractivity contribution in [2.24, 2.45) is 0 Å². The lowest BCUT2D eigenvalue weighted by molar-refractivity contribution is -0.123. The second-order valence-corrected chi connectivity index (χ2v) is 7.92. The minimum absolute atomic E-state index is 0.0161. The second-order valence-electron chi connectivity index (χ2n) is 6.15. The molecule has 0 saturated carbocycles. The van der Waals surface area contributed by atoms with Crippen LogP contribution in [0, 0.1) is 11.3 Å². The number of benzene rings is 2. The number of nitrogens with one attached hydrogen (secondary N) is 2. The van der Waals surface area contributed by atoms with Crippen LogP contribution in [0.15, 0.2) is 53.4 Å². The molecule has 1 amide bonds. The molecule has 0 bridgehead atoms. The Labute approximate surface area is 169 Å². The number of carbonyl (C=O) groups excluding carboxylic acids is 2. The fourth-order valence-corrected chi connectivity index (χ4v) is 3.44. The van der Waals surface area contributed by atoms with E-state index in [1.807, 2.05) is 13.0 Å². The van der Waals surface area contributed by atoms with Gasteiger partial charge in [0.15, 0.2) is 6.10 Å². The Bertz CT molecular complexity index is 1030. The number of esters is 1. The molecule has 0 spiro atoms. The molecule has 8 nitrogen and oxygen atoms in total. The van der Waals surface area contributed by atoms with Gasteiger partial charge >= 0.3 is 5.97 Å². The molecule has 0 radical (unpaired) electrons. The molecule has 0 heterocycles. The Kier molecular flexibility index (Phi) is 7.47. The minimum atomic E-state index is -3.73. The number of rotatable bonds is 8. The normalized spacial score (nSPS) is 11.9. The Morgan fingerprint density at radius 2 is 1.86 bits per heavy atom.